The van der Waals surface area contributed by atoms with E-state index in [0.29, 0.717) is 6.42 Å². The van der Waals surface area contributed by atoms with E-state index in [9.17, 15) is 9.59 Å². The summed E-state index contributed by atoms with van der Waals surface area (Å²) in [5.41, 5.74) is 0. The summed E-state index contributed by atoms with van der Waals surface area (Å²) >= 11 is 0. The maximum Gasteiger partial charge on any atom is 0.137 e. The minimum atomic E-state index is -0.0275. The van der Waals surface area contributed by atoms with E-state index in [0.717, 1.165) is 25.5 Å². The van der Waals surface area contributed by atoms with Crippen molar-refractivity contribution < 1.29 is 9.59 Å². The fourth-order valence-corrected chi connectivity index (χ4v) is 1.81. The van der Waals surface area contributed by atoms with Crippen LogP contribution in [0.4, 0.5) is 0 Å². The van der Waals surface area contributed by atoms with Crippen molar-refractivity contribution in [3.05, 3.63) is 12.2 Å². The molecule has 0 aromatic heterocycles. The van der Waals surface area contributed by atoms with Crippen LogP contribution in [0, 0.1) is 11.8 Å². The molecule has 0 saturated heterocycles. The average Bonchev–Trinajstić information content (AvgIpc) is 2.48. The molecule has 1 rings (SSSR count). The minimum absolute atomic E-state index is 0.0194. The Morgan fingerprint density at radius 3 is 2.85 bits per heavy atom. The number of rotatable bonds is 4. The van der Waals surface area contributed by atoms with Gasteiger partial charge in [0.05, 0.1) is 0 Å². The van der Waals surface area contributed by atoms with Crippen LogP contribution < -0.4 is 0 Å². The molecule has 0 bridgehead atoms. The highest BCUT2D eigenvalue weighted by atomic mass is 16.1. The van der Waals surface area contributed by atoms with Crippen LogP contribution in [0.15, 0.2) is 12.2 Å². The molecule has 0 radical (unpaired) electrons. The van der Waals surface area contributed by atoms with E-state index in [4.69, 9.17) is 0 Å². The highest BCUT2D eigenvalue weighted by Gasteiger charge is 2.32. The largest absolute Gasteiger partial charge is 0.303 e. The van der Waals surface area contributed by atoms with Crippen molar-refractivity contribution in [3.63, 3.8) is 0 Å². The molecule has 1 aliphatic rings. The molecule has 0 aliphatic heterocycles. The number of Topliss-reactive ketones (excluding diaryl/α,β-unsaturated/α-hetero) is 1. The summed E-state index contributed by atoms with van der Waals surface area (Å²) in [6.07, 6.45) is 8.09. The number of allylic oxidation sites excluding steroid dienone is 2. The Morgan fingerprint density at radius 2 is 2.23 bits per heavy atom. The van der Waals surface area contributed by atoms with E-state index >= 15 is 0 Å². The van der Waals surface area contributed by atoms with E-state index in [2.05, 4.69) is 6.92 Å². The predicted molar refractivity (Wildman–Crippen MR) is 51.3 cm³/mol. The van der Waals surface area contributed by atoms with Gasteiger partial charge in [0.25, 0.3) is 0 Å². The number of carbonyl (C=O) groups excluding carboxylic acids is 2. The summed E-state index contributed by atoms with van der Waals surface area (Å²) in [6.45, 7) is 2.06. The third-order valence-electron chi connectivity index (χ3n) is 2.62. The van der Waals surface area contributed by atoms with E-state index in [-0.39, 0.29) is 17.6 Å². The molecule has 2 atom stereocenters. The standard InChI is InChI=1S/C11H16O2/c1-2-3-4-5-10-9(8-12)6-7-11(10)13/h3-4,8-10H,2,5-7H2,1H3. The molecular weight excluding hydrogens is 164 g/mol. The first-order valence-corrected chi connectivity index (χ1v) is 4.92. The summed E-state index contributed by atoms with van der Waals surface area (Å²) in [4.78, 5) is 22.0. The monoisotopic (exact) mass is 180 g/mol. The third kappa shape index (κ3) is 2.51. The highest BCUT2D eigenvalue weighted by Crippen LogP contribution is 2.29. The van der Waals surface area contributed by atoms with Crippen molar-refractivity contribution in [3.8, 4) is 0 Å². The second-order valence-corrected chi connectivity index (χ2v) is 3.53. The first-order chi connectivity index (χ1) is 6.29. The molecule has 0 aromatic carbocycles. The number of hydrogen-bond donors (Lipinski definition) is 0. The number of carbonyl (C=O) groups is 2. The van der Waals surface area contributed by atoms with E-state index in [1.165, 1.54) is 0 Å². The third-order valence-corrected chi connectivity index (χ3v) is 2.62. The first kappa shape index (κ1) is 10.2. The van der Waals surface area contributed by atoms with Gasteiger partial charge in [-0.25, -0.2) is 0 Å². The van der Waals surface area contributed by atoms with Gasteiger partial charge in [0.1, 0.15) is 12.1 Å². The Hall–Kier alpha value is -0.920. The maximum absolute atomic E-state index is 11.3. The molecule has 0 heterocycles. The van der Waals surface area contributed by atoms with Crippen LogP contribution in [0.5, 0.6) is 0 Å². The molecule has 0 amide bonds. The molecule has 1 fully saturated rings. The topological polar surface area (TPSA) is 34.1 Å². The van der Waals surface area contributed by atoms with E-state index in [1.54, 1.807) is 0 Å². The number of hydrogen-bond acceptors (Lipinski definition) is 2. The Bertz CT molecular complexity index is 218. The summed E-state index contributed by atoms with van der Waals surface area (Å²) in [7, 11) is 0. The van der Waals surface area contributed by atoms with Gasteiger partial charge in [-0.05, 0) is 19.3 Å². The predicted octanol–water partition coefficient (Wildman–Crippen LogP) is 2.14. The van der Waals surface area contributed by atoms with Crippen LogP contribution in [0.3, 0.4) is 0 Å². The Kier molecular flexibility index (Phi) is 3.87. The minimum Gasteiger partial charge on any atom is -0.303 e. The quantitative estimate of drug-likeness (QED) is 0.490. The van der Waals surface area contributed by atoms with Gasteiger partial charge in [-0.15, -0.1) is 0 Å². The molecule has 2 heteroatoms. The summed E-state index contributed by atoms with van der Waals surface area (Å²) in [6, 6.07) is 0. The lowest BCUT2D eigenvalue weighted by molar-refractivity contribution is -0.123. The van der Waals surface area contributed by atoms with Crippen molar-refractivity contribution in [2.75, 3.05) is 0 Å². The lowest BCUT2D eigenvalue weighted by Gasteiger charge is -2.08. The lowest BCUT2D eigenvalue weighted by atomic mass is 9.93. The van der Waals surface area contributed by atoms with Gasteiger partial charge >= 0.3 is 0 Å². The van der Waals surface area contributed by atoms with Crippen molar-refractivity contribution in [2.45, 2.75) is 32.6 Å². The van der Waals surface area contributed by atoms with Gasteiger partial charge in [0.15, 0.2) is 0 Å². The second-order valence-electron chi connectivity index (χ2n) is 3.53. The van der Waals surface area contributed by atoms with Crippen LogP contribution in [-0.4, -0.2) is 12.1 Å². The molecule has 0 spiro atoms. The normalized spacial score (nSPS) is 28.5. The van der Waals surface area contributed by atoms with E-state index in [1.807, 2.05) is 12.2 Å². The van der Waals surface area contributed by atoms with Crippen LogP contribution in [0.1, 0.15) is 32.6 Å². The summed E-state index contributed by atoms with van der Waals surface area (Å²) < 4.78 is 0. The molecule has 0 N–H and O–H groups in total. The van der Waals surface area contributed by atoms with E-state index < -0.39 is 0 Å². The average molecular weight is 180 g/mol. The molecule has 13 heavy (non-hydrogen) atoms. The van der Waals surface area contributed by atoms with Gasteiger partial charge in [-0.3, -0.25) is 4.79 Å². The Labute approximate surface area is 79.0 Å². The lowest BCUT2D eigenvalue weighted by Crippen LogP contribution is -2.14. The van der Waals surface area contributed by atoms with Crippen molar-refractivity contribution in [1.82, 2.24) is 0 Å². The van der Waals surface area contributed by atoms with Gasteiger partial charge in [0, 0.05) is 18.3 Å². The SMILES string of the molecule is CCC=CCC1C(=O)CCC1C=O. The maximum atomic E-state index is 11.3. The molecule has 2 unspecified atom stereocenters. The molecular formula is C11H16O2. The summed E-state index contributed by atoms with van der Waals surface area (Å²) in [5.74, 6) is 0.215. The van der Waals surface area contributed by atoms with Crippen LogP contribution >= 0.6 is 0 Å². The molecule has 72 valence electrons. The molecule has 1 aliphatic carbocycles. The number of ketones is 1. The first-order valence-electron chi connectivity index (χ1n) is 4.92. The fourth-order valence-electron chi connectivity index (χ4n) is 1.81. The van der Waals surface area contributed by atoms with Gasteiger partial charge < -0.3 is 4.79 Å². The molecule has 1 saturated carbocycles. The van der Waals surface area contributed by atoms with Gasteiger partial charge in [-0.2, -0.15) is 0 Å². The van der Waals surface area contributed by atoms with Crippen molar-refractivity contribution >= 4 is 12.1 Å². The second kappa shape index (κ2) is 4.95. The Morgan fingerprint density at radius 1 is 1.46 bits per heavy atom. The van der Waals surface area contributed by atoms with Crippen LogP contribution in [0.25, 0.3) is 0 Å². The zero-order valence-electron chi connectivity index (χ0n) is 8.03. The highest BCUT2D eigenvalue weighted by molar-refractivity contribution is 5.87. The van der Waals surface area contributed by atoms with Crippen molar-refractivity contribution in [1.29, 1.82) is 0 Å². The van der Waals surface area contributed by atoms with Gasteiger partial charge in [-0.1, -0.05) is 19.1 Å². The zero-order chi connectivity index (χ0) is 9.68. The van der Waals surface area contributed by atoms with Crippen molar-refractivity contribution in [2.24, 2.45) is 11.8 Å². The number of aldehydes is 1. The molecule has 0 aromatic rings. The smallest absolute Gasteiger partial charge is 0.137 e. The van der Waals surface area contributed by atoms with Crippen LogP contribution in [-0.2, 0) is 9.59 Å². The Balaban J connectivity index is 2.49. The molecule has 2 nitrogen and oxygen atoms in total. The summed E-state index contributed by atoms with van der Waals surface area (Å²) in [5, 5.41) is 0. The fraction of sp³-hybridized carbons (Fsp3) is 0.636. The van der Waals surface area contributed by atoms with Crippen LogP contribution in [0.2, 0.25) is 0 Å². The van der Waals surface area contributed by atoms with Gasteiger partial charge in [0.2, 0.25) is 0 Å². The zero-order valence-corrected chi connectivity index (χ0v) is 8.03.